The SMILES string of the molecule is CC(C)CCCC1CC(C2OCC(C)(C)CO2)C1C. The molecule has 2 aliphatic rings. The fourth-order valence-electron chi connectivity index (χ4n) is 3.41. The van der Waals surface area contributed by atoms with Crippen LogP contribution in [-0.2, 0) is 9.47 Å². The van der Waals surface area contributed by atoms with Crippen molar-refractivity contribution in [3.05, 3.63) is 0 Å². The second kappa shape index (κ2) is 6.13. The predicted octanol–water partition coefficient (Wildman–Crippen LogP) is 4.48. The van der Waals surface area contributed by atoms with Crippen LogP contribution in [0.25, 0.3) is 0 Å². The molecule has 0 amide bonds. The first-order valence-corrected chi connectivity index (χ1v) is 8.12. The van der Waals surface area contributed by atoms with E-state index in [4.69, 9.17) is 9.47 Å². The van der Waals surface area contributed by atoms with Gasteiger partial charge in [-0.15, -0.1) is 0 Å². The monoisotopic (exact) mass is 268 g/mol. The summed E-state index contributed by atoms with van der Waals surface area (Å²) in [6, 6.07) is 0. The third-order valence-corrected chi connectivity index (χ3v) is 4.98. The van der Waals surface area contributed by atoms with Gasteiger partial charge in [-0.1, -0.05) is 53.9 Å². The minimum absolute atomic E-state index is 0.0735. The summed E-state index contributed by atoms with van der Waals surface area (Å²) in [4.78, 5) is 0. The van der Waals surface area contributed by atoms with E-state index in [0.717, 1.165) is 31.0 Å². The molecule has 112 valence electrons. The smallest absolute Gasteiger partial charge is 0.160 e. The first-order valence-electron chi connectivity index (χ1n) is 8.12. The van der Waals surface area contributed by atoms with Crippen molar-refractivity contribution >= 4 is 0 Å². The molecular formula is C17H32O2. The van der Waals surface area contributed by atoms with Gasteiger partial charge in [-0.05, 0) is 24.2 Å². The zero-order chi connectivity index (χ0) is 14.0. The van der Waals surface area contributed by atoms with Gasteiger partial charge in [0.05, 0.1) is 13.2 Å². The fraction of sp³-hybridized carbons (Fsp3) is 1.00. The molecular weight excluding hydrogens is 236 g/mol. The minimum atomic E-state index is 0.0735. The van der Waals surface area contributed by atoms with Crippen molar-refractivity contribution in [1.29, 1.82) is 0 Å². The Morgan fingerprint density at radius 3 is 2.32 bits per heavy atom. The second-order valence-corrected chi connectivity index (χ2v) is 8.00. The van der Waals surface area contributed by atoms with Crippen LogP contribution in [0.4, 0.5) is 0 Å². The minimum Gasteiger partial charge on any atom is -0.352 e. The zero-order valence-electron chi connectivity index (χ0n) is 13.4. The highest BCUT2D eigenvalue weighted by atomic mass is 16.7. The molecule has 1 saturated heterocycles. The van der Waals surface area contributed by atoms with Crippen molar-refractivity contribution in [2.45, 2.75) is 66.6 Å². The summed E-state index contributed by atoms with van der Waals surface area (Å²) in [5.74, 6) is 3.17. The normalized spacial score (nSPS) is 35.4. The molecule has 0 aromatic heterocycles. The van der Waals surface area contributed by atoms with E-state index in [1.165, 1.54) is 25.7 Å². The number of hydrogen-bond acceptors (Lipinski definition) is 2. The molecule has 1 heterocycles. The molecule has 2 fully saturated rings. The van der Waals surface area contributed by atoms with Gasteiger partial charge in [0.15, 0.2) is 6.29 Å². The first-order chi connectivity index (χ1) is 8.89. The van der Waals surface area contributed by atoms with Crippen molar-refractivity contribution in [2.75, 3.05) is 13.2 Å². The fourth-order valence-corrected chi connectivity index (χ4v) is 3.41. The van der Waals surface area contributed by atoms with Crippen LogP contribution < -0.4 is 0 Å². The summed E-state index contributed by atoms with van der Waals surface area (Å²) in [5.41, 5.74) is 0.195. The van der Waals surface area contributed by atoms with Gasteiger partial charge in [0.25, 0.3) is 0 Å². The van der Waals surface area contributed by atoms with Crippen molar-refractivity contribution < 1.29 is 9.47 Å². The maximum atomic E-state index is 5.94. The third kappa shape index (κ3) is 3.95. The molecule has 0 radical (unpaired) electrons. The molecule has 1 saturated carbocycles. The van der Waals surface area contributed by atoms with Gasteiger partial charge in [0, 0.05) is 11.3 Å². The molecule has 0 aromatic rings. The van der Waals surface area contributed by atoms with Crippen LogP contribution >= 0.6 is 0 Å². The van der Waals surface area contributed by atoms with E-state index < -0.39 is 0 Å². The van der Waals surface area contributed by atoms with Crippen molar-refractivity contribution in [3.8, 4) is 0 Å². The average molecular weight is 268 g/mol. The topological polar surface area (TPSA) is 18.5 Å². The molecule has 2 nitrogen and oxygen atoms in total. The van der Waals surface area contributed by atoms with E-state index in [1.807, 2.05) is 0 Å². The van der Waals surface area contributed by atoms with Gasteiger partial charge in [-0.2, -0.15) is 0 Å². The Balaban J connectivity index is 1.68. The molecule has 0 aromatic carbocycles. The van der Waals surface area contributed by atoms with Crippen molar-refractivity contribution in [1.82, 2.24) is 0 Å². The molecule has 2 rings (SSSR count). The van der Waals surface area contributed by atoms with Crippen LogP contribution in [0, 0.1) is 29.1 Å². The van der Waals surface area contributed by atoms with Crippen molar-refractivity contribution in [3.63, 3.8) is 0 Å². The molecule has 1 aliphatic carbocycles. The van der Waals surface area contributed by atoms with Gasteiger partial charge in [-0.3, -0.25) is 0 Å². The van der Waals surface area contributed by atoms with Gasteiger partial charge < -0.3 is 9.47 Å². The molecule has 0 bridgehead atoms. The highest BCUT2D eigenvalue weighted by Gasteiger charge is 2.45. The summed E-state index contributed by atoms with van der Waals surface area (Å²) in [6.45, 7) is 13.1. The van der Waals surface area contributed by atoms with Crippen LogP contribution in [-0.4, -0.2) is 19.5 Å². The van der Waals surface area contributed by atoms with Crippen molar-refractivity contribution in [2.24, 2.45) is 29.1 Å². The molecule has 0 spiro atoms. The first kappa shape index (κ1) is 15.3. The summed E-state index contributed by atoms with van der Waals surface area (Å²) in [6.07, 6.45) is 5.54. The highest BCUT2D eigenvalue weighted by molar-refractivity contribution is 4.90. The Kier molecular flexibility index (Phi) is 4.94. The predicted molar refractivity (Wildman–Crippen MR) is 78.9 cm³/mol. The number of ether oxygens (including phenoxy) is 2. The maximum Gasteiger partial charge on any atom is 0.160 e. The molecule has 1 aliphatic heterocycles. The Morgan fingerprint density at radius 2 is 1.79 bits per heavy atom. The van der Waals surface area contributed by atoms with Crippen LogP contribution in [0.5, 0.6) is 0 Å². The lowest BCUT2D eigenvalue weighted by molar-refractivity contribution is -0.268. The van der Waals surface area contributed by atoms with Crippen LogP contribution in [0.1, 0.15) is 60.3 Å². The molecule has 3 atom stereocenters. The summed E-state index contributed by atoms with van der Waals surface area (Å²) >= 11 is 0. The Hall–Kier alpha value is -0.0800. The van der Waals surface area contributed by atoms with Crippen LogP contribution in [0.2, 0.25) is 0 Å². The number of hydrogen-bond donors (Lipinski definition) is 0. The molecule has 19 heavy (non-hydrogen) atoms. The van der Waals surface area contributed by atoms with E-state index in [0.29, 0.717) is 5.92 Å². The highest BCUT2D eigenvalue weighted by Crippen LogP contribution is 2.47. The molecule has 0 N–H and O–H groups in total. The zero-order valence-corrected chi connectivity index (χ0v) is 13.4. The van der Waals surface area contributed by atoms with Gasteiger partial charge in [0.1, 0.15) is 0 Å². The quantitative estimate of drug-likeness (QED) is 0.731. The average Bonchev–Trinajstić information content (AvgIpc) is 2.33. The van der Waals surface area contributed by atoms with E-state index in [9.17, 15) is 0 Å². The van der Waals surface area contributed by atoms with Crippen LogP contribution in [0.3, 0.4) is 0 Å². The van der Waals surface area contributed by atoms with E-state index in [1.54, 1.807) is 0 Å². The Bertz CT molecular complexity index is 275. The summed E-state index contributed by atoms with van der Waals surface area (Å²) < 4.78 is 11.9. The van der Waals surface area contributed by atoms with E-state index in [-0.39, 0.29) is 11.7 Å². The summed E-state index contributed by atoms with van der Waals surface area (Å²) in [5, 5.41) is 0. The Labute approximate surface area is 119 Å². The Morgan fingerprint density at radius 1 is 1.16 bits per heavy atom. The third-order valence-electron chi connectivity index (χ3n) is 4.98. The van der Waals surface area contributed by atoms with Gasteiger partial charge in [0.2, 0.25) is 0 Å². The lowest BCUT2D eigenvalue weighted by Crippen LogP contribution is -2.49. The van der Waals surface area contributed by atoms with E-state index in [2.05, 4.69) is 34.6 Å². The van der Waals surface area contributed by atoms with E-state index >= 15 is 0 Å². The second-order valence-electron chi connectivity index (χ2n) is 8.00. The standard InChI is InChI=1S/C17H32O2/c1-12(2)7-6-8-14-9-15(13(14)3)16-18-10-17(4,5)11-19-16/h12-16H,6-11H2,1-5H3. The van der Waals surface area contributed by atoms with Crippen LogP contribution in [0.15, 0.2) is 0 Å². The number of rotatable bonds is 5. The largest absolute Gasteiger partial charge is 0.352 e. The maximum absolute atomic E-state index is 5.94. The lowest BCUT2D eigenvalue weighted by Gasteiger charge is -2.49. The molecule has 2 heteroatoms. The summed E-state index contributed by atoms with van der Waals surface area (Å²) in [7, 11) is 0. The lowest BCUT2D eigenvalue weighted by atomic mass is 9.63. The molecule has 3 unspecified atom stereocenters. The van der Waals surface area contributed by atoms with Gasteiger partial charge >= 0.3 is 0 Å². The van der Waals surface area contributed by atoms with Gasteiger partial charge in [-0.25, -0.2) is 0 Å².